The van der Waals surface area contributed by atoms with Gasteiger partial charge in [0.1, 0.15) is 12.7 Å². The minimum atomic E-state index is -4.57. The zero-order chi connectivity index (χ0) is 31.3. The first-order valence-electron chi connectivity index (χ1n) is 16.1. The molecule has 0 saturated heterocycles. The Morgan fingerprint density at radius 2 is 1.21 bits per heavy atom. The van der Waals surface area contributed by atoms with Crippen LogP contribution in [-0.4, -0.2) is 65.7 Å². The van der Waals surface area contributed by atoms with E-state index in [0.29, 0.717) is 6.42 Å². The van der Waals surface area contributed by atoms with Crippen LogP contribution in [0.3, 0.4) is 0 Å². The number of phosphoric ester groups is 1. The molecule has 0 amide bonds. The predicted octanol–water partition coefficient (Wildman–Crippen LogP) is 6.94. The summed E-state index contributed by atoms with van der Waals surface area (Å²) in [7, 11) is -4.57. The van der Waals surface area contributed by atoms with Crippen molar-refractivity contribution in [3.05, 3.63) is 12.2 Å². The monoisotopic (exact) mass is 622 g/mol. The van der Waals surface area contributed by atoms with Crippen LogP contribution in [0.1, 0.15) is 136 Å². The largest absolute Gasteiger partial charge is 0.472 e. The summed E-state index contributed by atoms with van der Waals surface area (Å²) in [6, 6.07) is 0. The molecule has 248 valence electrons. The van der Waals surface area contributed by atoms with Crippen LogP contribution in [0, 0.1) is 0 Å². The first-order chi connectivity index (χ1) is 20.2. The van der Waals surface area contributed by atoms with Gasteiger partial charge in [-0.3, -0.25) is 18.6 Å². The average Bonchev–Trinajstić information content (AvgIpc) is 2.98. The minimum Gasteiger partial charge on any atom is -0.462 e. The second-order valence-corrected chi connectivity index (χ2v) is 12.2. The van der Waals surface area contributed by atoms with E-state index in [0.717, 1.165) is 19.3 Å². The zero-order valence-electron chi connectivity index (χ0n) is 26.2. The number of carbonyl (C=O) groups excluding carboxylic acids is 2. The number of unbranched alkanes of at least 4 members (excludes halogenated alkanes) is 15. The van der Waals surface area contributed by atoms with Crippen molar-refractivity contribution in [3.63, 3.8) is 0 Å². The van der Waals surface area contributed by atoms with Crippen molar-refractivity contribution in [2.24, 2.45) is 0 Å². The molecule has 0 fully saturated rings. The lowest BCUT2D eigenvalue weighted by Gasteiger charge is -2.20. The fraction of sp³-hybridized carbons (Fsp3) is 0.871. The molecule has 0 aliphatic rings. The summed E-state index contributed by atoms with van der Waals surface area (Å²) in [5.74, 6) is -1.03. The van der Waals surface area contributed by atoms with Crippen molar-refractivity contribution in [3.8, 4) is 0 Å². The van der Waals surface area contributed by atoms with Gasteiger partial charge in [-0.25, -0.2) is 4.57 Å². The molecule has 0 aliphatic heterocycles. The summed E-state index contributed by atoms with van der Waals surface area (Å²) in [5, 5.41) is 18.0. The number of esters is 2. The molecule has 0 rings (SSSR count). The smallest absolute Gasteiger partial charge is 0.462 e. The summed E-state index contributed by atoms with van der Waals surface area (Å²) in [6.07, 6.45) is 23.0. The topological polar surface area (TPSA) is 149 Å². The van der Waals surface area contributed by atoms with Gasteiger partial charge in [0.25, 0.3) is 0 Å². The lowest BCUT2D eigenvalue weighted by molar-refractivity contribution is -0.161. The first-order valence-corrected chi connectivity index (χ1v) is 17.6. The highest BCUT2D eigenvalue weighted by Gasteiger charge is 2.27. The minimum absolute atomic E-state index is 0.124. The average molecular weight is 623 g/mol. The highest BCUT2D eigenvalue weighted by atomic mass is 31.2. The summed E-state index contributed by atoms with van der Waals surface area (Å²) in [6.45, 7) is 1.73. The predicted molar refractivity (Wildman–Crippen MR) is 164 cm³/mol. The second kappa shape index (κ2) is 28.5. The van der Waals surface area contributed by atoms with Gasteiger partial charge in [-0.1, -0.05) is 103 Å². The maximum absolute atomic E-state index is 12.3. The van der Waals surface area contributed by atoms with Crippen LogP contribution in [0.5, 0.6) is 0 Å². The number of hydrogen-bond donors (Lipinski definition) is 3. The molecule has 0 radical (unpaired) electrons. The summed E-state index contributed by atoms with van der Waals surface area (Å²) < 4.78 is 31.7. The van der Waals surface area contributed by atoms with Crippen LogP contribution in [0.15, 0.2) is 12.2 Å². The van der Waals surface area contributed by atoms with Gasteiger partial charge in [0.2, 0.25) is 0 Å². The van der Waals surface area contributed by atoms with E-state index in [9.17, 15) is 24.2 Å². The van der Waals surface area contributed by atoms with E-state index in [1.54, 1.807) is 6.92 Å². The standard InChI is InChI=1S/C31H59O10P/c1-3-5-6-7-8-9-10-11-12-13-14-15-16-17-18-19-20-21-22-23-31(35)41-29(26-38-30(34)4-2)27-40-42(36,37)39-25-28(33)24-32/h11-12,28-29,32-33H,3-10,13-27H2,1-2H3,(H,36,37)/b12-11-. The van der Waals surface area contributed by atoms with Gasteiger partial charge < -0.3 is 24.6 Å². The van der Waals surface area contributed by atoms with Crippen molar-refractivity contribution in [2.45, 2.75) is 148 Å². The van der Waals surface area contributed by atoms with Crippen LogP contribution in [-0.2, 0) is 32.7 Å². The van der Waals surface area contributed by atoms with E-state index in [1.807, 2.05) is 0 Å². The molecule has 0 heterocycles. The Morgan fingerprint density at radius 1 is 0.714 bits per heavy atom. The SMILES string of the molecule is CCCCCCCC/C=C\CCCCCCCCCCCC(=O)OC(COC(=O)CC)COP(=O)(O)OCC(O)CO. The quantitative estimate of drug-likeness (QED) is 0.0333. The maximum atomic E-state index is 12.3. The van der Waals surface area contributed by atoms with Crippen molar-refractivity contribution < 1.29 is 47.8 Å². The highest BCUT2D eigenvalue weighted by Crippen LogP contribution is 2.43. The zero-order valence-corrected chi connectivity index (χ0v) is 27.1. The number of hydrogen-bond acceptors (Lipinski definition) is 9. The van der Waals surface area contributed by atoms with Crippen LogP contribution < -0.4 is 0 Å². The molecule has 0 spiro atoms. The first kappa shape index (κ1) is 40.7. The number of allylic oxidation sites excluding steroid dienone is 2. The number of ether oxygens (including phenoxy) is 2. The molecule has 0 aliphatic carbocycles. The van der Waals surface area contributed by atoms with Crippen molar-refractivity contribution in [1.82, 2.24) is 0 Å². The normalized spacial score (nSPS) is 14.5. The third kappa shape index (κ3) is 27.5. The van der Waals surface area contributed by atoms with Crippen molar-refractivity contribution in [1.29, 1.82) is 0 Å². The van der Waals surface area contributed by atoms with Crippen LogP contribution in [0.2, 0.25) is 0 Å². The second-order valence-electron chi connectivity index (χ2n) is 10.8. The molecule has 0 bridgehead atoms. The number of aliphatic hydroxyl groups excluding tert-OH is 2. The molecule has 42 heavy (non-hydrogen) atoms. The molecule has 3 N–H and O–H groups in total. The third-order valence-electron chi connectivity index (χ3n) is 6.72. The van der Waals surface area contributed by atoms with Crippen molar-refractivity contribution >= 4 is 19.8 Å². The Morgan fingerprint density at radius 3 is 1.74 bits per heavy atom. The van der Waals surface area contributed by atoms with Gasteiger partial charge in [0, 0.05) is 12.8 Å². The van der Waals surface area contributed by atoms with Crippen LogP contribution in [0.4, 0.5) is 0 Å². The Hall–Kier alpha value is -1.29. The van der Waals surface area contributed by atoms with Gasteiger partial charge in [-0.15, -0.1) is 0 Å². The molecular formula is C31H59O10P. The van der Waals surface area contributed by atoms with E-state index >= 15 is 0 Å². The Labute approximate surface area is 254 Å². The molecule has 11 heteroatoms. The number of aliphatic hydroxyl groups is 2. The molecule has 0 saturated carbocycles. The third-order valence-corrected chi connectivity index (χ3v) is 7.67. The van der Waals surface area contributed by atoms with Crippen molar-refractivity contribution in [2.75, 3.05) is 26.4 Å². The fourth-order valence-corrected chi connectivity index (χ4v) is 4.93. The van der Waals surface area contributed by atoms with Crippen LogP contribution in [0.25, 0.3) is 0 Å². The summed E-state index contributed by atoms with van der Waals surface area (Å²) in [4.78, 5) is 33.5. The molecule has 0 aromatic rings. The molecule has 3 atom stereocenters. The Bertz CT molecular complexity index is 731. The van der Waals surface area contributed by atoms with E-state index in [-0.39, 0.29) is 19.4 Å². The van der Waals surface area contributed by atoms with Gasteiger partial charge in [-0.05, 0) is 32.1 Å². The van der Waals surface area contributed by atoms with E-state index < -0.39 is 51.8 Å². The van der Waals surface area contributed by atoms with Crippen LogP contribution >= 0.6 is 7.82 Å². The molecule has 0 aromatic heterocycles. The number of phosphoric acid groups is 1. The van der Waals surface area contributed by atoms with Gasteiger partial charge in [-0.2, -0.15) is 0 Å². The molecular weight excluding hydrogens is 563 g/mol. The lowest BCUT2D eigenvalue weighted by Crippen LogP contribution is -2.29. The number of carbonyl (C=O) groups is 2. The van der Waals surface area contributed by atoms with E-state index in [2.05, 4.69) is 23.6 Å². The number of rotatable bonds is 30. The van der Waals surface area contributed by atoms with Gasteiger partial charge >= 0.3 is 19.8 Å². The molecule has 0 aromatic carbocycles. The Balaban J connectivity index is 3.94. The fourth-order valence-electron chi connectivity index (χ4n) is 4.14. The highest BCUT2D eigenvalue weighted by molar-refractivity contribution is 7.47. The summed E-state index contributed by atoms with van der Waals surface area (Å²) in [5.41, 5.74) is 0. The molecule has 3 unspecified atom stereocenters. The Kier molecular flexibility index (Phi) is 27.6. The van der Waals surface area contributed by atoms with Gasteiger partial charge in [0.15, 0.2) is 6.10 Å². The molecule has 10 nitrogen and oxygen atoms in total. The van der Waals surface area contributed by atoms with E-state index in [1.165, 1.54) is 83.5 Å². The van der Waals surface area contributed by atoms with Gasteiger partial charge in [0.05, 0.1) is 19.8 Å². The maximum Gasteiger partial charge on any atom is 0.472 e. The lowest BCUT2D eigenvalue weighted by atomic mass is 10.1. The van der Waals surface area contributed by atoms with E-state index in [4.69, 9.17) is 19.1 Å². The summed E-state index contributed by atoms with van der Waals surface area (Å²) >= 11 is 0.